The summed E-state index contributed by atoms with van der Waals surface area (Å²) in [4.78, 5) is 18.1. The van der Waals surface area contributed by atoms with E-state index in [2.05, 4.69) is 14.5 Å². The lowest BCUT2D eigenvalue weighted by Crippen LogP contribution is -2.61. The topological polar surface area (TPSA) is 90.2 Å². The number of carbonyl (C=O) groups excluding carboxylic acids is 1. The van der Waals surface area contributed by atoms with Crippen LogP contribution in [0.5, 0.6) is 0 Å². The molecule has 2 aliphatic rings. The Morgan fingerprint density at radius 3 is 2.94 bits per heavy atom. The fourth-order valence-corrected chi connectivity index (χ4v) is 2.74. The molecule has 1 unspecified atom stereocenters. The fraction of sp³-hybridized carbons (Fsp3) is 0.667. The number of amides is 1. The van der Waals surface area contributed by atoms with Gasteiger partial charge in [-0.25, -0.2) is 4.98 Å². The third-order valence-electron chi connectivity index (χ3n) is 4.07. The molecule has 6 nitrogen and oxygen atoms in total. The minimum atomic E-state index is -0.866. The van der Waals surface area contributed by atoms with E-state index in [0.29, 0.717) is 6.54 Å². The van der Waals surface area contributed by atoms with Crippen LogP contribution in [-0.4, -0.2) is 39.0 Å². The molecule has 0 bridgehead atoms. The Labute approximate surface area is 106 Å². The van der Waals surface area contributed by atoms with Gasteiger partial charge in [0.2, 0.25) is 5.91 Å². The van der Waals surface area contributed by atoms with Crippen LogP contribution in [0.3, 0.4) is 0 Å². The maximum Gasteiger partial charge on any atom is 0.239 e. The number of nitrogens with zero attached hydrogens (tertiary/aromatic N) is 3. The van der Waals surface area contributed by atoms with Crippen LogP contribution >= 0.6 is 0 Å². The maximum atomic E-state index is 11.6. The highest BCUT2D eigenvalue weighted by Crippen LogP contribution is 2.38. The molecule has 4 N–H and O–H groups in total. The van der Waals surface area contributed by atoms with Crippen LogP contribution in [0.15, 0.2) is 12.4 Å². The van der Waals surface area contributed by atoms with Crippen molar-refractivity contribution < 1.29 is 4.79 Å². The Balaban J connectivity index is 1.71. The van der Waals surface area contributed by atoms with E-state index in [1.54, 1.807) is 0 Å². The van der Waals surface area contributed by atoms with Crippen LogP contribution in [0, 0.1) is 5.92 Å². The first-order valence-electron chi connectivity index (χ1n) is 6.41. The van der Waals surface area contributed by atoms with Gasteiger partial charge in [0.25, 0.3) is 0 Å². The van der Waals surface area contributed by atoms with Gasteiger partial charge >= 0.3 is 0 Å². The average molecular weight is 249 g/mol. The number of hydrogen-bond donors (Lipinski definition) is 2. The predicted octanol–water partition coefficient (Wildman–Crippen LogP) is -0.708. The second kappa shape index (κ2) is 4.07. The van der Waals surface area contributed by atoms with Crippen LogP contribution in [0.25, 0.3) is 0 Å². The Morgan fingerprint density at radius 2 is 2.28 bits per heavy atom. The Hall–Kier alpha value is -1.40. The summed E-state index contributed by atoms with van der Waals surface area (Å²) in [7, 11) is 0. The van der Waals surface area contributed by atoms with Crippen molar-refractivity contribution in [1.29, 1.82) is 0 Å². The van der Waals surface area contributed by atoms with Crippen LogP contribution < -0.4 is 11.5 Å². The van der Waals surface area contributed by atoms with Gasteiger partial charge in [-0.15, -0.1) is 0 Å². The number of nitrogens with two attached hydrogens (primary N) is 2. The number of carbonyl (C=O) groups is 1. The van der Waals surface area contributed by atoms with Crippen LogP contribution in [0.1, 0.15) is 18.7 Å². The SMILES string of the molecule is NC(=O)C(N)(CN1CCn2ccnc2C1)C1CC1. The molecule has 0 spiro atoms. The van der Waals surface area contributed by atoms with Gasteiger partial charge in [0, 0.05) is 32.0 Å². The quantitative estimate of drug-likeness (QED) is 0.737. The van der Waals surface area contributed by atoms with Crippen molar-refractivity contribution in [3.8, 4) is 0 Å². The summed E-state index contributed by atoms with van der Waals surface area (Å²) >= 11 is 0. The third-order valence-corrected chi connectivity index (χ3v) is 4.07. The standard InChI is InChI=1S/C12H19N5O/c13-11(18)12(14,9-1-2-9)8-16-5-6-17-4-3-15-10(17)7-16/h3-4,9H,1-2,5-8,14H2,(H2,13,18). The summed E-state index contributed by atoms with van der Waals surface area (Å²) in [6.45, 7) is 3.07. The van der Waals surface area contributed by atoms with Crippen LogP contribution in [-0.2, 0) is 17.9 Å². The second-order valence-corrected chi connectivity index (χ2v) is 5.43. The number of rotatable bonds is 4. The Kier molecular flexibility index (Phi) is 2.64. The molecule has 0 radical (unpaired) electrons. The first-order valence-corrected chi connectivity index (χ1v) is 6.41. The summed E-state index contributed by atoms with van der Waals surface area (Å²) in [6.07, 6.45) is 5.82. The van der Waals surface area contributed by atoms with Gasteiger partial charge in [-0.1, -0.05) is 0 Å². The van der Waals surface area contributed by atoms with Gasteiger partial charge in [-0.05, 0) is 18.8 Å². The van der Waals surface area contributed by atoms with Crippen molar-refractivity contribution >= 4 is 5.91 Å². The second-order valence-electron chi connectivity index (χ2n) is 5.43. The summed E-state index contributed by atoms with van der Waals surface area (Å²) in [6, 6.07) is 0. The molecule has 1 atom stereocenters. The summed E-state index contributed by atoms with van der Waals surface area (Å²) < 4.78 is 2.14. The number of imidazole rings is 1. The van der Waals surface area contributed by atoms with Crippen molar-refractivity contribution in [2.45, 2.75) is 31.5 Å². The number of fused-ring (bicyclic) bond motifs is 1. The monoisotopic (exact) mass is 249 g/mol. The summed E-state index contributed by atoms with van der Waals surface area (Å²) in [5.41, 5.74) is 10.9. The lowest BCUT2D eigenvalue weighted by Gasteiger charge is -2.35. The third kappa shape index (κ3) is 1.91. The van der Waals surface area contributed by atoms with Crippen molar-refractivity contribution in [2.75, 3.05) is 13.1 Å². The minimum Gasteiger partial charge on any atom is -0.368 e. The zero-order valence-electron chi connectivity index (χ0n) is 10.4. The van der Waals surface area contributed by atoms with E-state index < -0.39 is 5.54 Å². The summed E-state index contributed by atoms with van der Waals surface area (Å²) in [5, 5.41) is 0. The molecule has 2 heterocycles. The Bertz CT molecular complexity index is 467. The van der Waals surface area contributed by atoms with Gasteiger partial charge in [0.15, 0.2) is 0 Å². The van der Waals surface area contributed by atoms with Crippen molar-refractivity contribution in [1.82, 2.24) is 14.5 Å². The van der Waals surface area contributed by atoms with Gasteiger partial charge in [-0.3, -0.25) is 9.69 Å². The van der Waals surface area contributed by atoms with E-state index in [1.807, 2.05) is 12.4 Å². The molecule has 1 aromatic heterocycles. The van der Waals surface area contributed by atoms with Crippen molar-refractivity contribution in [3.05, 3.63) is 18.2 Å². The van der Waals surface area contributed by atoms with Crippen molar-refractivity contribution in [3.63, 3.8) is 0 Å². The van der Waals surface area contributed by atoms with E-state index in [0.717, 1.165) is 38.3 Å². The van der Waals surface area contributed by atoms with Crippen LogP contribution in [0.4, 0.5) is 0 Å². The minimum absolute atomic E-state index is 0.261. The van der Waals surface area contributed by atoms with E-state index in [1.165, 1.54) is 0 Å². The van der Waals surface area contributed by atoms with Crippen molar-refractivity contribution in [2.24, 2.45) is 17.4 Å². The largest absolute Gasteiger partial charge is 0.368 e. The number of aromatic nitrogens is 2. The van der Waals surface area contributed by atoms with Gasteiger partial charge in [0.05, 0.1) is 6.54 Å². The Morgan fingerprint density at radius 1 is 1.50 bits per heavy atom. The van der Waals surface area contributed by atoms with Gasteiger partial charge < -0.3 is 16.0 Å². The van der Waals surface area contributed by atoms with E-state index in [4.69, 9.17) is 11.5 Å². The first kappa shape index (κ1) is 11.7. The zero-order valence-corrected chi connectivity index (χ0v) is 10.4. The van der Waals surface area contributed by atoms with E-state index >= 15 is 0 Å². The molecule has 1 amide bonds. The molecule has 1 fully saturated rings. The van der Waals surface area contributed by atoms with Gasteiger partial charge in [-0.2, -0.15) is 0 Å². The molecular weight excluding hydrogens is 230 g/mol. The van der Waals surface area contributed by atoms with E-state index in [9.17, 15) is 4.79 Å². The molecule has 1 aromatic rings. The summed E-state index contributed by atoms with van der Waals surface area (Å²) in [5.74, 6) is 0.916. The molecule has 0 aromatic carbocycles. The van der Waals surface area contributed by atoms with Crippen LogP contribution in [0.2, 0.25) is 0 Å². The highest BCUT2D eigenvalue weighted by molar-refractivity contribution is 5.85. The molecule has 1 aliphatic carbocycles. The molecular formula is C12H19N5O. The van der Waals surface area contributed by atoms with Gasteiger partial charge in [0.1, 0.15) is 11.4 Å². The normalized spacial score (nSPS) is 23.4. The molecule has 98 valence electrons. The number of primary amides is 1. The lowest BCUT2D eigenvalue weighted by atomic mass is 9.92. The lowest BCUT2D eigenvalue weighted by molar-refractivity contribution is -0.124. The first-order chi connectivity index (χ1) is 8.59. The van der Waals surface area contributed by atoms with E-state index in [-0.39, 0.29) is 11.8 Å². The predicted molar refractivity (Wildman–Crippen MR) is 66.3 cm³/mol. The number of hydrogen-bond acceptors (Lipinski definition) is 4. The molecule has 6 heteroatoms. The molecule has 1 aliphatic heterocycles. The highest BCUT2D eigenvalue weighted by atomic mass is 16.1. The maximum absolute atomic E-state index is 11.6. The zero-order chi connectivity index (χ0) is 12.8. The molecule has 18 heavy (non-hydrogen) atoms. The smallest absolute Gasteiger partial charge is 0.239 e. The molecule has 1 saturated carbocycles. The molecule has 0 saturated heterocycles. The highest BCUT2D eigenvalue weighted by Gasteiger charge is 2.47. The molecule has 3 rings (SSSR count). The fourth-order valence-electron chi connectivity index (χ4n) is 2.74. The average Bonchev–Trinajstić information content (AvgIpc) is 3.09.